The minimum Gasteiger partial charge on any atom is -0.454 e. The Morgan fingerprint density at radius 2 is 2.31 bits per heavy atom. The maximum absolute atomic E-state index is 10.2. The van der Waals surface area contributed by atoms with Gasteiger partial charge >= 0.3 is 6.16 Å². The first-order chi connectivity index (χ1) is 6.25. The lowest BCUT2D eigenvalue weighted by molar-refractivity contribution is -0.0393. The van der Waals surface area contributed by atoms with Crippen LogP contribution in [0, 0.1) is 0 Å². The van der Waals surface area contributed by atoms with Gasteiger partial charge in [0.2, 0.25) is 0 Å². The van der Waals surface area contributed by atoms with Crippen LogP contribution in [0.2, 0.25) is 0 Å². The zero-order valence-corrected chi connectivity index (χ0v) is 6.77. The molecule has 1 aliphatic rings. The van der Waals surface area contributed by atoms with Crippen LogP contribution in [0.1, 0.15) is 5.56 Å². The number of hydrogen-bond donors (Lipinski definition) is 1. The van der Waals surface area contributed by atoms with Crippen molar-refractivity contribution in [3.63, 3.8) is 0 Å². The Kier molecular flexibility index (Phi) is 1.81. The van der Waals surface area contributed by atoms with E-state index in [1.807, 2.05) is 18.2 Å². The van der Waals surface area contributed by atoms with Crippen LogP contribution < -0.4 is 4.74 Å². The molecule has 1 aromatic carbocycles. The van der Waals surface area contributed by atoms with Gasteiger partial charge in [-0.05, 0) is 6.07 Å². The fourth-order valence-electron chi connectivity index (χ4n) is 1.33. The maximum Gasteiger partial charge on any atom is 0.508 e. The summed E-state index contributed by atoms with van der Waals surface area (Å²) in [4.78, 5) is 10.2. The SMILES string of the molecule is O=C(O)OC1Cc2ccccc2O1. The standard InChI is InChI=1S/C9H8O4/c10-9(11)13-8-5-6-3-1-2-4-7(6)12-8/h1-4,8H,5H2,(H,10,11). The van der Waals surface area contributed by atoms with E-state index in [0.717, 1.165) is 5.56 Å². The highest BCUT2D eigenvalue weighted by atomic mass is 16.8. The molecular formula is C9H8O4. The third-order valence-corrected chi connectivity index (χ3v) is 1.85. The highest BCUT2D eigenvalue weighted by molar-refractivity contribution is 5.57. The molecule has 0 radical (unpaired) electrons. The maximum atomic E-state index is 10.2. The van der Waals surface area contributed by atoms with Gasteiger partial charge in [0, 0.05) is 5.56 Å². The molecular weight excluding hydrogens is 172 g/mol. The van der Waals surface area contributed by atoms with Crippen molar-refractivity contribution in [3.8, 4) is 5.75 Å². The highest BCUT2D eigenvalue weighted by Crippen LogP contribution is 2.28. The zero-order chi connectivity index (χ0) is 9.26. The summed E-state index contributed by atoms with van der Waals surface area (Å²) >= 11 is 0. The lowest BCUT2D eigenvalue weighted by Crippen LogP contribution is -2.20. The fraction of sp³-hybridized carbons (Fsp3) is 0.222. The molecule has 0 aromatic heterocycles. The fourth-order valence-corrected chi connectivity index (χ4v) is 1.33. The van der Waals surface area contributed by atoms with E-state index in [1.54, 1.807) is 6.07 Å². The highest BCUT2D eigenvalue weighted by Gasteiger charge is 2.25. The Balaban J connectivity index is 2.09. The van der Waals surface area contributed by atoms with Crippen molar-refractivity contribution in [1.29, 1.82) is 0 Å². The summed E-state index contributed by atoms with van der Waals surface area (Å²) in [5.41, 5.74) is 0.980. The van der Waals surface area contributed by atoms with Gasteiger partial charge in [0.05, 0.1) is 6.42 Å². The predicted octanol–water partition coefficient (Wildman–Crippen LogP) is 1.64. The van der Waals surface area contributed by atoms with Crippen molar-refractivity contribution < 1.29 is 19.4 Å². The van der Waals surface area contributed by atoms with Crippen LogP contribution in [0.4, 0.5) is 4.79 Å². The van der Waals surface area contributed by atoms with E-state index in [0.29, 0.717) is 12.2 Å². The average Bonchev–Trinajstić information content (AvgIpc) is 2.44. The van der Waals surface area contributed by atoms with Crippen molar-refractivity contribution in [3.05, 3.63) is 29.8 Å². The Bertz CT molecular complexity index is 309. The number of carbonyl (C=O) groups is 1. The minimum atomic E-state index is -1.31. The average molecular weight is 180 g/mol. The number of benzene rings is 1. The van der Waals surface area contributed by atoms with E-state index in [1.165, 1.54) is 0 Å². The minimum absolute atomic E-state index is 0.489. The number of ether oxygens (including phenoxy) is 2. The molecule has 0 fully saturated rings. The number of hydrogen-bond acceptors (Lipinski definition) is 3. The first-order valence-electron chi connectivity index (χ1n) is 3.90. The molecule has 2 rings (SSSR count). The Morgan fingerprint density at radius 1 is 1.54 bits per heavy atom. The molecule has 1 aliphatic heterocycles. The van der Waals surface area contributed by atoms with Gasteiger partial charge in [-0.25, -0.2) is 4.79 Å². The van der Waals surface area contributed by atoms with E-state index < -0.39 is 12.4 Å². The van der Waals surface area contributed by atoms with Crippen molar-refractivity contribution in [1.82, 2.24) is 0 Å². The molecule has 0 saturated carbocycles. The summed E-state index contributed by atoms with van der Waals surface area (Å²) in [5, 5.41) is 8.35. The Labute approximate surface area is 74.7 Å². The largest absolute Gasteiger partial charge is 0.508 e. The Morgan fingerprint density at radius 3 is 3.00 bits per heavy atom. The van der Waals surface area contributed by atoms with Crippen LogP contribution in [0.15, 0.2) is 24.3 Å². The van der Waals surface area contributed by atoms with E-state index in [-0.39, 0.29) is 0 Å². The molecule has 0 spiro atoms. The van der Waals surface area contributed by atoms with Crippen molar-refractivity contribution in [2.75, 3.05) is 0 Å². The van der Waals surface area contributed by atoms with Gasteiger partial charge in [-0.2, -0.15) is 0 Å². The second kappa shape index (κ2) is 2.97. The van der Waals surface area contributed by atoms with Crippen molar-refractivity contribution in [2.24, 2.45) is 0 Å². The molecule has 0 saturated heterocycles. The molecule has 1 atom stereocenters. The number of fused-ring (bicyclic) bond motifs is 1. The lowest BCUT2D eigenvalue weighted by atomic mass is 10.2. The van der Waals surface area contributed by atoms with Gasteiger partial charge in [0.25, 0.3) is 6.29 Å². The van der Waals surface area contributed by atoms with Crippen LogP contribution >= 0.6 is 0 Å². The van der Waals surface area contributed by atoms with Gasteiger partial charge in [-0.15, -0.1) is 0 Å². The van der Waals surface area contributed by atoms with Crippen molar-refractivity contribution >= 4 is 6.16 Å². The second-order valence-electron chi connectivity index (χ2n) is 2.74. The number of carboxylic acid groups (broad SMARTS) is 1. The van der Waals surface area contributed by atoms with Crippen LogP contribution in [-0.4, -0.2) is 17.6 Å². The molecule has 4 heteroatoms. The summed E-state index contributed by atoms with van der Waals surface area (Å²) in [5.74, 6) is 0.703. The van der Waals surface area contributed by atoms with E-state index in [2.05, 4.69) is 4.74 Å². The second-order valence-corrected chi connectivity index (χ2v) is 2.74. The summed E-state index contributed by atoms with van der Waals surface area (Å²) in [7, 11) is 0. The van der Waals surface area contributed by atoms with Gasteiger partial charge in [0.1, 0.15) is 5.75 Å². The molecule has 1 N–H and O–H groups in total. The van der Waals surface area contributed by atoms with E-state index in [4.69, 9.17) is 9.84 Å². The topological polar surface area (TPSA) is 55.8 Å². The molecule has 1 aromatic rings. The normalized spacial score (nSPS) is 18.9. The monoisotopic (exact) mass is 180 g/mol. The summed E-state index contributed by atoms with van der Waals surface area (Å²) in [6.45, 7) is 0. The molecule has 0 bridgehead atoms. The van der Waals surface area contributed by atoms with Crippen LogP contribution in [0.3, 0.4) is 0 Å². The molecule has 4 nitrogen and oxygen atoms in total. The van der Waals surface area contributed by atoms with Gasteiger partial charge in [0.15, 0.2) is 0 Å². The van der Waals surface area contributed by atoms with E-state index >= 15 is 0 Å². The lowest BCUT2D eigenvalue weighted by Gasteiger charge is -2.07. The van der Waals surface area contributed by atoms with Crippen molar-refractivity contribution in [2.45, 2.75) is 12.7 Å². The molecule has 68 valence electrons. The zero-order valence-electron chi connectivity index (χ0n) is 6.77. The van der Waals surface area contributed by atoms with Gasteiger partial charge < -0.3 is 14.6 Å². The molecule has 0 aliphatic carbocycles. The summed E-state index contributed by atoms with van der Waals surface area (Å²) in [6.07, 6.45) is -1.50. The first-order valence-corrected chi connectivity index (χ1v) is 3.90. The smallest absolute Gasteiger partial charge is 0.454 e. The summed E-state index contributed by atoms with van der Waals surface area (Å²) in [6, 6.07) is 7.40. The quantitative estimate of drug-likeness (QED) is 0.667. The third-order valence-electron chi connectivity index (χ3n) is 1.85. The van der Waals surface area contributed by atoms with Gasteiger partial charge in [-0.3, -0.25) is 0 Å². The van der Waals surface area contributed by atoms with Gasteiger partial charge in [-0.1, -0.05) is 18.2 Å². The van der Waals surface area contributed by atoms with Crippen LogP contribution in [-0.2, 0) is 11.2 Å². The molecule has 1 heterocycles. The first kappa shape index (κ1) is 7.91. The molecule has 13 heavy (non-hydrogen) atoms. The molecule has 0 amide bonds. The summed E-state index contributed by atoms with van der Waals surface area (Å²) < 4.78 is 9.70. The third kappa shape index (κ3) is 1.56. The Hall–Kier alpha value is -1.71. The number of para-hydroxylation sites is 1. The number of rotatable bonds is 1. The van der Waals surface area contributed by atoms with E-state index in [9.17, 15) is 4.79 Å². The van der Waals surface area contributed by atoms with Crippen LogP contribution in [0.5, 0.6) is 5.75 Å². The molecule has 1 unspecified atom stereocenters. The van der Waals surface area contributed by atoms with Crippen LogP contribution in [0.25, 0.3) is 0 Å². The predicted molar refractivity (Wildman–Crippen MR) is 43.7 cm³/mol.